The van der Waals surface area contributed by atoms with E-state index in [0.717, 1.165) is 16.7 Å². The molecule has 0 atom stereocenters. The number of anilines is 1. The molecule has 152 valence electrons. The number of ether oxygens (including phenoxy) is 1. The number of hydrogen-bond donors (Lipinski definition) is 1. The summed E-state index contributed by atoms with van der Waals surface area (Å²) in [5, 5.41) is 12.7. The van der Waals surface area contributed by atoms with Gasteiger partial charge in [0.05, 0.1) is 23.6 Å². The number of carbonyl (C=O) groups is 2. The molecule has 2 heterocycles. The molecule has 10 heteroatoms. The number of nitrogens with one attached hydrogen (secondary N) is 1. The van der Waals surface area contributed by atoms with Crippen LogP contribution in [0.25, 0.3) is 0 Å². The van der Waals surface area contributed by atoms with Crippen LogP contribution in [0, 0.1) is 11.3 Å². The standard InChI is InChI=1S/C19H19N3O5S2/c1-3-27-19(24)22-8-7-14-15(10-20)18(28-16(14)11-22)21-17(23)12-5-4-6-13(9-12)29(2,25)26/h4-6,9H,3,7-8,11H2,1-2H3,(H,21,23). The van der Waals surface area contributed by atoms with Crippen molar-refractivity contribution in [2.45, 2.75) is 24.8 Å². The Morgan fingerprint density at radius 3 is 2.79 bits per heavy atom. The van der Waals surface area contributed by atoms with Gasteiger partial charge in [-0.1, -0.05) is 6.07 Å². The minimum Gasteiger partial charge on any atom is -0.450 e. The largest absolute Gasteiger partial charge is 0.450 e. The lowest BCUT2D eigenvalue weighted by Crippen LogP contribution is -2.35. The number of fused-ring (bicyclic) bond motifs is 1. The number of nitriles is 1. The van der Waals surface area contributed by atoms with E-state index in [1.54, 1.807) is 11.8 Å². The Bertz CT molecular complexity index is 1120. The van der Waals surface area contributed by atoms with Gasteiger partial charge in [-0.3, -0.25) is 4.79 Å². The maximum Gasteiger partial charge on any atom is 0.410 e. The zero-order chi connectivity index (χ0) is 21.2. The molecule has 1 aliphatic rings. The Kier molecular flexibility index (Phi) is 5.91. The van der Waals surface area contributed by atoms with Gasteiger partial charge in [0.25, 0.3) is 5.91 Å². The third kappa shape index (κ3) is 4.41. The molecule has 2 amide bonds. The van der Waals surface area contributed by atoms with Crippen LogP contribution in [0.3, 0.4) is 0 Å². The first kappa shape index (κ1) is 20.8. The van der Waals surface area contributed by atoms with Gasteiger partial charge in [-0.05, 0) is 37.1 Å². The van der Waals surface area contributed by atoms with Crippen LogP contribution in [0.4, 0.5) is 9.80 Å². The van der Waals surface area contributed by atoms with Crippen LogP contribution in [0.2, 0.25) is 0 Å². The Labute approximate surface area is 172 Å². The number of benzene rings is 1. The zero-order valence-electron chi connectivity index (χ0n) is 15.9. The van der Waals surface area contributed by atoms with Crippen molar-refractivity contribution in [1.82, 2.24) is 4.90 Å². The number of amides is 2. The van der Waals surface area contributed by atoms with Crippen molar-refractivity contribution in [2.24, 2.45) is 0 Å². The molecule has 0 spiro atoms. The van der Waals surface area contributed by atoms with Gasteiger partial charge < -0.3 is 15.0 Å². The molecule has 3 rings (SSSR count). The van der Waals surface area contributed by atoms with Crippen molar-refractivity contribution in [1.29, 1.82) is 5.26 Å². The SMILES string of the molecule is CCOC(=O)N1CCc2c(sc(NC(=O)c3cccc(S(C)(=O)=O)c3)c2C#N)C1. The van der Waals surface area contributed by atoms with Crippen molar-refractivity contribution >= 4 is 38.2 Å². The molecule has 1 aromatic carbocycles. The first-order chi connectivity index (χ1) is 13.7. The second-order valence-corrected chi connectivity index (χ2v) is 9.57. The van der Waals surface area contributed by atoms with E-state index in [4.69, 9.17) is 4.74 Å². The maximum atomic E-state index is 12.6. The van der Waals surface area contributed by atoms with Crippen molar-refractivity contribution in [2.75, 3.05) is 24.7 Å². The summed E-state index contributed by atoms with van der Waals surface area (Å²) in [6.45, 7) is 2.76. The highest BCUT2D eigenvalue weighted by Crippen LogP contribution is 2.37. The molecule has 2 aromatic rings. The quantitative estimate of drug-likeness (QED) is 0.792. The van der Waals surface area contributed by atoms with Crippen molar-refractivity contribution in [3.8, 4) is 6.07 Å². The third-order valence-corrected chi connectivity index (χ3v) is 6.69. The molecule has 8 nitrogen and oxygen atoms in total. The minimum absolute atomic E-state index is 0.0428. The molecule has 29 heavy (non-hydrogen) atoms. The number of thiophene rings is 1. The lowest BCUT2D eigenvalue weighted by atomic mass is 10.0. The molecule has 1 aromatic heterocycles. The third-order valence-electron chi connectivity index (χ3n) is 4.45. The normalized spacial score (nSPS) is 13.3. The summed E-state index contributed by atoms with van der Waals surface area (Å²) >= 11 is 1.24. The van der Waals surface area contributed by atoms with E-state index in [-0.39, 0.29) is 17.1 Å². The smallest absolute Gasteiger partial charge is 0.410 e. The fourth-order valence-electron chi connectivity index (χ4n) is 3.02. The summed E-state index contributed by atoms with van der Waals surface area (Å²) in [6, 6.07) is 7.85. The lowest BCUT2D eigenvalue weighted by Gasteiger charge is -2.25. The first-order valence-corrected chi connectivity index (χ1v) is 11.5. The van der Waals surface area contributed by atoms with Crippen LogP contribution in [-0.4, -0.2) is 44.7 Å². The van der Waals surface area contributed by atoms with E-state index in [9.17, 15) is 23.3 Å². The van der Waals surface area contributed by atoms with E-state index in [2.05, 4.69) is 11.4 Å². The van der Waals surface area contributed by atoms with Crippen molar-refractivity contribution in [3.63, 3.8) is 0 Å². The Morgan fingerprint density at radius 2 is 2.14 bits per heavy atom. The van der Waals surface area contributed by atoms with Gasteiger partial charge in [-0.25, -0.2) is 13.2 Å². The molecule has 0 saturated heterocycles. The Balaban J connectivity index is 1.85. The summed E-state index contributed by atoms with van der Waals surface area (Å²) < 4.78 is 28.5. The van der Waals surface area contributed by atoms with E-state index < -0.39 is 21.8 Å². The highest BCUT2D eigenvalue weighted by molar-refractivity contribution is 7.90. The highest BCUT2D eigenvalue weighted by atomic mass is 32.2. The molecular weight excluding hydrogens is 414 g/mol. The zero-order valence-corrected chi connectivity index (χ0v) is 17.5. The van der Waals surface area contributed by atoms with Crippen LogP contribution >= 0.6 is 11.3 Å². The van der Waals surface area contributed by atoms with Crippen LogP contribution in [0.1, 0.15) is 33.3 Å². The molecule has 0 radical (unpaired) electrons. The second-order valence-electron chi connectivity index (χ2n) is 6.44. The average molecular weight is 434 g/mol. The molecule has 0 bridgehead atoms. The van der Waals surface area contributed by atoms with Gasteiger partial charge in [0.2, 0.25) is 0 Å². The predicted octanol–water partition coefficient (Wildman–Crippen LogP) is 2.79. The molecule has 0 fully saturated rings. The summed E-state index contributed by atoms with van der Waals surface area (Å²) in [6.07, 6.45) is 1.15. The maximum absolute atomic E-state index is 12.6. The molecule has 0 saturated carbocycles. The van der Waals surface area contributed by atoms with Gasteiger partial charge in [0.1, 0.15) is 11.1 Å². The fraction of sp³-hybridized carbons (Fsp3) is 0.316. The van der Waals surface area contributed by atoms with Crippen LogP contribution in [0.15, 0.2) is 29.2 Å². The molecule has 1 aliphatic heterocycles. The number of nitrogens with zero attached hydrogens (tertiary/aromatic N) is 2. The average Bonchev–Trinajstić information content (AvgIpc) is 3.03. The van der Waals surface area contributed by atoms with E-state index in [0.29, 0.717) is 30.1 Å². The number of hydrogen-bond acceptors (Lipinski definition) is 7. The summed E-state index contributed by atoms with van der Waals surface area (Å²) in [7, 11) is -3.44. The summed E-state index contributed by atoms with van der Waals surface area (Å²) in [5.74, 6) is -0.507. The van der Waals surface area contributed by atoms with Gasteiger partial charge in [-0.2, -0.15) is 5.26 Å². The summed E-state index contributed by atoms with van der Waals surface area (Å²) in [4.78, 5) is 27.0. The first-order valence-electron chi connectivity index (χ1n) is 8.82. The van der Waals surface area contributed by atoms with Gasteiger partial charge in [0, 0.05) is 23.2 Å². The van der Waals surface area contributed by atoms with Crippen molar-refractivity contribution in [3.05, 3.63) is 45.8 Å². The molecule has 0 aliphatic carbocycles. The fourth-order valence-corrected chi connectivity index (χ4v) is 4.90. The number of sulfone groups is 1. The second kappa shape index (κ2) is 8.23. The topological polar surface area (TPSA) is 117 Å². The monoisotopic (exact) mass is 433 g/mol. The molecule has 1 N–H and O–H groups in total. The number of carbonyl (C=O) groups excluding carboxylic acids is 2. The van der Waals surface area contributed by atoms with Crippen molar-refractivity contribution < 1.29 is 22.7 Å². The summed E-state index contributed by atoms with van der Waals surface area (Å²) in [5.41, 5.74) is 1.37. The molecule has 0 unspecified atom stereocenters. The van der Waals surface area contributed by atoms with E-state index >= 15 is 0 Å². The predicted molar refractivity (Wildman–Crippen MR) is 108 cm³/mol. The van der Waals surface area contributed by atoms with Gasteiger partial charge in [-0.15, -0.1) is 11.3 Å². The Morgan fingerprint density at radius 1 is 1.38 bits per heavy atom. The van der Waals surface area contributed by atoms with Gasteiger partial charge in [0.15, 0.2) is 9.84 Å². The lowest BCUT2D eigenvalue weighted by molar-refractivity contribution is 0.102. The van der Waals surface area contributed by atoms with Gasteiger partial charge >= 0.3 is 6.09 Å². The van der Waals surface area contributed by atoms with E-state index in [1.807, 2.05) is 0 Å². The van der Waals surface area contributed by atoms with E-state index in [1.165, 1.54) is 35.6 Å². The Hall–Kier alpha value is -2.90. The molecular formula is C19H19N3O5S2. The van der Waals surface area contributed by atoms with Crippen LogP contribution in [0.5, 0.6) is 0 Å². The highest BCUT2D eigenvalue weighted by Gasteiger charge is 2.28. The van der Waals surface area contributed by atoms with Crippen LogP contribution < -0.4 is 5.32 Å². The number of rotatable bonds is 4. The minimum atomic E-state index is -3.44. The van der Waals surface area contributed by atoms with Crippen LogP contribution in [-0.2, 0) is 27.5 Å².